The van der Waals surface area contributed by atoms with Crippen molar-refractivity contribution in [3.63, 3.8) is 0 Å². The molecule has 0 radical (unpaired) electrons. The number of nitrogens with zero attached hydrogens (tertiary/aromatic N) is 3. The number of hydrogen-bond donors (Lipinski definition) is 0. The molecule has 0 saturated heterocycles. The Morgan fingerprint density at radius 2 is 2.00 bits per heavy atom. The van der Waals surface area contributed by atoms with Crippen LogP contribution in [-0.4, -0.2) is 28.4 Å². The van der Waals surface area contributed by atoms with Crippen molar-refractivity contribution >= 4 is 21.7 Å². The second kappa shape index (κ2) is 8.45. The molecule has 0 N–H and O–H groups in total. The largest absolute Gasteiger partial charge is 0.356 e. The summed E-state index contributed by atoms with van der Waals surface area (Å²) >= 11 is 3.50. The van der Waals surface area contributed by atoms with E-state index in [1.165, 1.54) is 12.8 Å². The minimum Gasteiger partial charge on any atom is -0.356 e. The summed E-state index contributed by atoms with van der Waals surface area (Å²) in [7, 11) is 0. The summed E-state index contributed by atoms with van der Waals surface area (Å²) in [5.41, 5.74) is 1.15. The molecule has 0 atom stereocenters. The zero-order valence-electron chi connectivity index (χ0n) is 10.8. The first-order valence-corrected chi connectivity index (χ1v) is 7.55. The van der Waals surface area contributed by atoms with Crippen molar-refractivity contribution in [1.29, 1.82) is 0 Å². The summed E-state index contributed by atoms with van der Waals surface area (Å²) in [5, 5.41) is 0.976. The van der Waals surface area contributed by atoms with Crippen molar-refractivity contribution in [3.8, 4) is 0 Å². The van der Waals surface area contributed by atoms with Crippen LogP contribution in [0.2, 0.25) is 0 Å². The van der Waals surface area contributed by atoms with E-state index in [2.05, 4.69) is 50.7 Å². The Labute approximate surface area is 113 Å². The van der Waals surface area contributed by atoms with Crippen LogP contribution in [0.25, 0.3) is 0 Å². The minimum absolute atomic E-state index is 0.976. The molecule has 0 aliphatic heterocycles. The molecule has 0 unspecified atom stereocenters. The molecular formula is C13H22BrN3. The highest BCUT2D eigenvalue weighted by molar-refractivity contribution is 9.09. The molecule has 96 valence electrons. The molecule has 0 aliphatic carbocycles. The molecule has 1 rings (SSSR count). The molecule has 0 aromatic carbocycles. The van der Waals surface area contributed by atoms with Crippen LogP contribution in [-0.2, 0) is 6.42 Å². The van der Waals surface area contributed by atoms with Crippen LogP contribution in [0.3, 0.4) is 0 Å². The van der Waals surface area contributed by atoms with E-state index in [-0.39, 0.29) is 0 Å². The first kappa shape index (κ1) is 14.4. The number of aryl methyl sites for hydroxylation is 1. The summed E-state index contributed by atoms with van der Waals surface area (Å²) in [6.45, 7) is 6.47. The Balaban J connectivity index is 2.73. The van der Waals surface area contributed by atoms with E-state index >= 15 is 0 Å². The Bertz CT molecular complexity index is 317. The van der Waals surface area contributed by atoms with E-state index in [1.54, 1.807) is 6.33 Å². The fourth-order valence-corrected chi connectivity index (χ4v) is 2.17. The monoisotopic (exact) mass is 299 g/mol. The quantitative estimate of drug-likeness (QED) is 0.689. The molecule has 1 aromatic rings. The third-order valence-corrected chi connectivity index (χ3v) is 3.03. The Morgan fingerprint density at radius 1 is 1.18 bits per heavy atom. The number of halogens is 1. The van der Waals surface area contributed by atoms with E-state index in [0.29, 0.717) is 0 Å². The topological polar surface area (TPSA) is 29.0 Å². The van der Waals surface area contributed by atoms with Crippen LogP contribution in [0.15, 0.2) is 12.4 Å². The maximum atomic E-state index is 4.39. The second-order valence-electron chi connectivity index (χ2n) is 4.15. The Hall–Kier alpha value is -0.640. The highest BCUT2D eigenvalue weighted by atomic mass is 79.9. The van der Waals surface area contributed by atoms with Crippen molar-refractivity contribution in [2.45, 2.75) is 39.5 Å². The van der Waals surface area contributed by atoms with Gasteiger partial charge in [-0.15, -0.1) is 0 Å². The van der Waals surface area contributed by atoms with Gasteiger partial charge in [0.25, 0.3) is 0 Å². The third kappa shape index (κ3) is 5.02. The standard InChI is InChI=1S/C13H22BrN3/c1-3-5-8-17(9-7-14)13-10-12(6-4-2)15-11-16-13/h10-11H,3-9H2,1-2H3. The van der Waals surface area contributed by atoms with Crippen LogP contribution in [0.5, 0.6) is 0 Å². The lowest BCUT2D eigenvalue weighted by molar-refractivity contribution is 0.723. The second-order valence-corrected chi connectivity index (χ2v) is 4.94. The Kier molecular flexibility index (Phi) is 7.17. The van der Waals surface area contributed by atoms with Crippen LogP contribution in [0.1, 0.15) is 38.8 Å². The molecule has 17 heavy (non-hydrogen) atoms. The maximum absolute atomic E-state index is 4.39. The van der Waals surface area contributed by atoms with Gasteiger partial charge in [-0.05, 0) is 12.8 Å². The predicted octanol–water partition coefficient (Wildman–Crippen LogP) is 3.43. The minimum atomic E-state index is 0.976. The number of unbranched alkanes of at least 4 members (excludes halogenated alkanes) is 1. The first-order valence-electron chi connectivity index (χ1n) is 6.43. The van der Waals surface area contributed by atoms with Gasteiger partial charge in [-0.25, -0.2) is 9.97 Å². The SMILES string of the molecule is CCCCN(CCBr)c1cc(CCC)ncn1. The van der Waals surface area contributed by atoms with Crippen LogP contribution < -0.4 is 4.90 Å². The molecule has 1 heterocycles. The lowest BCUT2D eigenvalue weighted by atomic mass is 10.2. The number of anilines is 1. The summed E-state index contributed by atoms with van der Waals surface area (Å²) in [4.78, 5) is 11.0. The molecule has 0 aliphatic rings. The maximum Gasteiger partial charge on any atom is 0.132 e. The Morgan fingerprint density at radius 3 is 2.65 bits per heavy atom. The average Bonchev–Trinajstić information content (AvgIpc) is 2.35. The van der Waals surface area contributed by atoms with Gasteiger partial charge in [-0.2, -0.15) is 0 Å². The molecule has 0 fully saturated rings. The summed E-state index contributed by atoms with van der Waals surface area (Å²) < 4.78 is 0. The molecule has 0 bridgehead atoms. The van der Waals surface area contributed by atoms with E-state index in [0.717, 1.165) is 42.8 Å². The van der Waals surface area contributed by atoms with Crippen LogP contribution in [0.4, 0.5) is 5.82 Å². The van der Waals surface area contributed by atoms with Gasteiger partial charge in [0.1, 0.15) is 12.1 Å². The number of hydrogen-bond acceptors (Lipinski definition) is 3. The molecule has 0 amide bonds. The molecule has 0 saturated carbocycles. The highest BCUT2D eigenvalue weighted by Gasteiger charge is 2.07. The fraction of sp³-hybridized carbons (Fsp3) is 0.692. The van der Waals surface area contributed by atoms with Gasteiger partial charge in [0.2, 0.25) is 0 Å². The highest BCUT2D eigenvalue weighted by Crippen LogP contribution is 2.13. The first-order chi connectivity index (χ1) is 8.31. The smallest absolute Gasteiger partial charge is 0.132 e. The van der Waals surface area contributed by atoms with Crippen molar-refractivity contribution in [2.75, 3.05) is 23.3 Å². The number of rotatable bonds is 8. The molecule has 0 spiro atoms. The van der Waals surface area contributed by atoms with Crippen molar-refractivity contribution in [1.82, 2.24) is 9.97 Å². The number of alkyl halides is 1. The summed E-state index contributed by atoms with van der Waals surface area (Å²) in [6.07, 6.45) is 6.27. The lowest BCUT2D eigenvalue weighted by Gasteiger charge is -2.22. The number of aromatic nitrogens is 2. The van der Waals surface area contributed by atoms with E-state index in [1.807, 2.05) is 0 Å². The van der Waals surface area contributed by atoms with E-state index in [4.69, 9.17) is 0 Å². The molecule has 1 aromatic heterocycles. The van der Waals surface area contributed by atoms with Crippen LogP contribution in [0, 0.1) is 0 Å². The summed E-state index contributed by atoms with van der Waals surface area (Å²) in [5.74, 6) is 1.07. The zero-order valence-corrected chi connectivity index (χ0v) is 12.4. The van der Waals surface area contributed by atoms with Gasteiger partial charge in [0.15, 0.2) is 0 Å². The fourth-order valence-electron chi connectivity index (χ4n) is 1.74. The van der Waals surface area contributed by atoms with E-state index in [9.17, 15) is 0 Å². The molecule has 3 nitrogen and oxygen atoms in total. The van der Waals surface area contributed by atoms with Gasteiger partial charge >= 0.3 is 0 Å². The van der Waals surface area contributed by atoms with Crippen molar-refractivity contribution in [3.05, 3.63) is 18.1 Å². The molecular weight excluding hydrogens is 278 g/mol. The van der Waals surface area contributed by atoms with Gasteiger partial charge in [0, 0.05) is 30.2 Å². The van der Waals surface area contributed by atoms with Crippen molar-refractivity contribution < 1.29 is 0 Å². The zero-order chi connectivity index (χ0) is 12.5. The summed E-state index contributed by atoms with van der Waals surface area (Å²) in [6, 6.07) is 2.13. The average molecular weight is 300 g/mol. The lowest BCUT2D eigenvalue weighted by Crippen LogP contribution is -2.27. The van der Waals surface area contributed by atoms with Gasteiger partial charge in [-0.1, -0.05) is 42.6 Å². The third-order valence-electron chi connectivity index (χ3n) is 2.68. The van der Waals surface area contributed by atoms with Crippen molar-refractivity contribution in [2.24, 2.45) is 0 Å². The predicted molar refractivity (Wildman–Crippen MR) is 76.9 cm³/mol. The normalized spacial score (nSPS) is 10.5. The van der Waals surface area contributed by atoms with Gasteiger partial charge in [0.05, 0.1) is 0 Å². The van der Waals surface area contributed by atoms with Crippen LogP contribution >= 0.6 is 15.9 Å². The van der Waals surface area contributed by atoms with Gasteiger partial charge < -0.3 is 4.90 Å². The molecule has 4 heteroatoms. The van der Waals surface area contributed by atoms with Gasteiger partial charge in [-0.3, -0.25) is 0 Å². The van der Waals surface area contributed by atoms with E-state index < -0.39 is 0 Å².